The summed E-state index contributed by atoms with van der Waals surface area (Å²) in [6.07, 6.45) is 0. The number of ether oxygens (including phenoxy) is 1. The largest absolute Gasteiger partial charge is 0.496 e. The first-order valence-corrected chi connectivity index (χ1v) is 7.03. The molecule has 0 aliphatic rings. The summed E-state index contributed by atoms with van der Waals surface area (Å²) in [7, 11) is 1.49. The highest BCUT2D eigenvalue weighted by Crippen LogP contribution is 2.31. The van der Waals surface area contributed by atoms with Crippen molar-refractivity contribution in [2.24, 2.45) is 0 Å². The number of ketones is 1. The van der Waals surface area contributed by atoms with Gasteiger partial charge in [-0.05, 0) is 35.9 Å². The minimum Gasteiger partial charge on any atom is -0.496 e. The normalized spacial score (nSPS) is 12.0. The average Bonchev–Trinajstić information content (AvgIpc) is 2.46. The third-order valence-corrected chi connectivity index (χ3v) is 3.77. The third-order valence-electron chi connectivity index (χ3n) is 2.82. The van der Waals surface area contributed by atoms with Crippen molar-refractivity contribution in [3.63, 3.8) is 0 Å². The van der Waals surface area contributed by atoms with Gasteiger partial charge in [-0.3, -0.25) is 4.79 Å². The van der Waals surface area contributed by atoms with Gasteiger partial charge in [0.05, 0.1) is 12.7 Å². The van der Waals surface area contributed by atoms with Gasteiger partial charge in [-0.15, -0.1) is 11.6 Å². The van der Waals surface area contributed by atoms with Crippen LogP contribution in [0.5, 0.6) is 5.75 Å². The monoisotopic (exact) mass is 356 g/mol. The lowest BCUT2D eigenvalue weighted by molar-refractivity contribution is 0.0984. The molecule has 0 aromatic heterocycles. The molecule has 0 saturated heterocycles. The van der Waals surface area contributed by atoms with E-state index in [0.29, 0.717) is 16.9 Å². The Labute approximate surface area is 129 Å². The second-order valence-corrected chi connectivity index (χ2v) is 5.48. The van der Waals surface area contributed by atoms with Gasteiger partial charge in [-0.2, -0.15) is 0 Å². The number of benzene rings is 2. The van der Waals surface area contributed by atoms with Gasteiger partial charge in [0.25, 0.3) is 0 Å². The Kier molecular flexibility index (Phi) is 4.78. The molecule has 2 aromatic carbocycles. The van der Waals surface area contributed by atoms with Crippen LogP contribution in [0.2, 0.25) is 0 Å². The van der Waals surface area contributed by atoms with E-state index in [1.807, 2.05) is 0 Å². The molecule has 0 radical (unpaired) electrons. The summed E-state index contributed by atoms with van der Waals surface area (Å²) in [5, 5.41) is -0.884. The van der Waals surface area contributed by atoms with Crippen molar-refractivity contribution in [2.75, 3.05) is 7.11 Å². The van der Waals surface area contributed by atoms with Crippen molar-refractivity contribution in [3.05, 3.63) is 63.9 Å². The second-order valence-electron chi connectivity index (χ2n) is 4.12. The lowest BCUT2D eigenvalue weighted by Gasteiger charge is -2.12. The standard InChI is InChI=1S/C15H11BrClFO2/c1-20-13-8-10(16)4-7-12(13)15(19)14(17)9-2-5-11(18)6-3-9/h2-8,14H,1H3. The topological polar surface area (TPSA) is 26.3 Å². The maximum atomic E-state index is 12.9. The zero-order valence-electron chi connectivity index (χ0n) is 10.6. The summed E-state index contributed by atoms with van der Waals surface area (Å²) in [5.74, 6) is -0.217. The second kappa shape index (κ2) is 6.37. The third kappa shape index (κ3) is 3.19. The van der Waals surface area contributed by atoms with Crippen molar-refractivity contribution in [3.8, 4) is 5.75 Å². The molecule has 0 spiro atoms. The molecule has 2 rings (SSSR count). The highest BCUT2D eigenvalue weighted by atomic mass is 79.9. The summed E-state index contributed by atoms with van der Waals surface area (Å²) in [6, 6.07) is 10.6. The predicted molar refractivity (Wildman–Crippen MR) is 80.0 cm³/mol. The maximum Gasteiger partial charge on any atom is 0.188 e. The van der Waals surface area contributed by atoms with Gasteiger partial charge >= 0.3 is 0 Å². The zero-order chi connectivity index (χ0) is 14.7. The Bertz CT molecular complexity index is 628. The number of hydrogen-bond acceptors (Lipinski definition) is 2. The minimum atomic E-state index is -0.884. The SMILES string of the molecule is COc1cc(Br)ccc1C(=O)C(Cl)c1ccc(F)cc1. The first-order chi connectivity index (χ1) is 9.52. The van der Waals surface area contributed by atoms with Gasteiger partial charge in [0.2, 0.25) is 0 Å². The lowest BCUT2D eigenvalue weighted by Crippen LogP contribution is -2.09. The molecule has 104 valence electrons. The number of rotatable bonds is 4. The van der Waals surface area contributed by atoms with Crippen LogP contribution >= 0.6 is 27.5 Å². The van der Waals surface area contributed by atoms with Crippen LogP contribution in [0.1, 0.15) is 21.3 Å². The van der Waals surface area contributed by atoms with Crippen molar-refractivity contribution in [2.45, 2.75) is 5.38 Å². The summed E-state index contributed by atoms with van der Waals surface area (Å²) in [6.45, 7) is 0. The molecule has 2 aromatic rings. The van der Waals surface area contributed by atoms with Crippen LogP contribution in [0.25, 0.3) is 0 Å². The Balaban J connectivity index is 2.33. The average molecular weight is 358 g/mol. The molecule has 0 N–H and O–H groups in total. The van der Waals surface area contributed by atoms with Crippen molar-refractivity contribution < 1.29 is 13.9 Å². The van der Waals surface area contributed by atoms with E-state index in [2.05, 4.69) is 15.9 Å². The van der Waals surface area contributed by atoms with E-state index < -0.39 is 5.38 Å². The van der Waals surface area contributed by atoms with Crippen LogP contribution in [0.4, 0.5) is 4.39 Å². The fourth-order valence-corrected chi connectivity index (χ4v) is 2.39. The molecule has 2 nitrogen and oxygen atoms in total. The van der Waals surface area contributed by atoms with Crippen LogP contribution in [0.15, 0.2) is 46.9 Å². The summed E-state index contributed by atoms with van der Waals surface area (Å²) in [5.41, 5.74) is 0.933. The molecule has 0 heterocycles. The number of alkyl halides is 1. The van der Waals surface area contributed by atoms with Crippen molar-refractivity contribution >= 4 is 33.3 Å². The fraction of sp³-hybridized carbons (Fsp3) is 0.133. The van der Waals surface area contributed by atoms with Gasteiger partial charge in [-0.25, -0.2) is 4.39 Å². The smallest absolute Gasteiger partial charge is 0.188 e. The molecule has 1 atom stereocenters. The van der Waals surface area contributed by atoms with Gasteiger partial charge in [0.15, 0.2) is 5.78 Å². The quantitative estimate of drug-likeness (QED) is 0.582. The van der Waals surface area contributed by atoms with Crippen LogP contribution in [0.3, 0.4) is 0 Å². The number of carbonyl (C=O) groups excluding carboxylic acids is 1. The summed E-state index contributed by atoms with van der Waals surface area (Å²) in [4.78, 5) is 12.4. The highest BCUT2D eigenvalue weighted by molar-refractivity contribution is 9.10. The van der Waals surface area contributed by atoms with Crippen LogP contribution < -0.4 is 4.74 Å². The number of Topliss-reactive ketones (excluding diaryl/α,β-unsaturated/α-hetero) is 1. The number of methoxy groups -OCH3 is 1. The van der Waals surface area contributed by atoms with Crippen molar-refractivity contribution in [1.29, 1.82) is 0 Å². The van der Waals surface area contributed by atoms with Crippen LogP contribution in [-0.4, -0.2) is 12.9 Å². The van der Waals surface area contributed by atoms with Crippen LogP contribution in [0, 0.1) is 5.82 Å². The van der Waals surface area contributed by atoms with Gasteiger partial charge in [0.1, 0.15) is 16.9 Å². The number of carbonyl (C=O) groups is 1. The van der Waals surface area contributed by atoms with E-state index in [4.69, 9.17) is 16.3 Å². The first kappa shape index (κ1) is 15.0. The highest BCUT2D eigenvalue weighted by Gasteiger charge is 2.22. The van der Waals surface area contributed by atoms with Gasteiger partial charge < -0.3 is 4.74 Å². The molecular weight excluding hydrogens is 347 g/mol. The Morgan fingerprint density at radius 3 is 2.50 bits per heavy atom. The molecule has 0 fully saturated rings. The Hall–Kier alpha value is -1.39. The molecular formula is C15H11BrClFO2. The fourth-order valence-electron chi connectivity index (χ4n) is 1.79. The Morgan fingerprint density at radius 2 is 1.90 bits per heavy atom. The molecule has 20 heavy (non-hydrogen) atoms. The van der Waals surface area contributed by atoms with E-state index in [0.717, 1.165) is 4.47 Å². The van der Waals surface area contributed by atoms with E-state index in [1.54, 1.807) is 18.2 Å². The summed E-state index contributed by atoms with van der Waals surface area (Å²) < 4.78 is 18.9. The maximum absolute atomic E-state index is 12.9. The number of halogens is 3. The molecule has 1 unspecified atom stereocenters. The first-order valence-electron chi connectivity index (χ1n) is 5.80. The van der Waals surface area contributed by atoms with E-state index in [-0.39, 0.29) is 11.6 Å². The minimum absolute atomic E-state index is 0.289. The lowest BCUT2D eigenvalue weighted by atomic mass is 10.0. The van der Waals surface area contributed by atoms with Crippen LogP contribution in [-0.2, 0) is 0 Å². The van der Waals surface area contributed by atoms with Gasteiger partial charge in [-0.1, -0.05) is 28.1 Å². The van der Waals surface area contributed by atoms with Gasteiger partial charge in [0, 0.05) is 4.47 Å². The molecule has 0 bridgehead atoms. The molecule has 5 heteroatoms. The van der Waals surface area contributed by atoms with E-state index >= 15 is 0 Å². The Morgan fingerprint density at radius 1 is 1.25 bits per heavy atom. The van der Waals surface area contributed by atoms with Crippen molar-refractivity contribution in [1.82, 2.24) is 0 Å². The van der Waals surface area contributed by atoms with E-state index in [9.17, 15) is 9.18 Å². The molecule has 0 aliphatic heterocycles. The molecule has 0 aliphatic carbocycles. The predicted octanol–water partition coefficient (Wildman–Crippen LogP) is 4.76. The number of hydrogen-bond donors (Lipinski definition) is 0. The molecule has 0 amide bonds. The zero-order valence-corrected chi connectivity index (χ0v) is 12.9. The van der Waals surface area contributed by atoms with E-state index in [1.165, 1.54) is 31.4 Å². The summed E-state index contributed by atoms with van der Waals surface area (Å²) >= 11 is 9.48. The molecule has 0 saturated carbocycles.